The summed E-state index contributed by atoms with van der Waals surface area (Å²) < 4.78 is 1.06. The molecular formula is C11H13BrN2O. The summed E-state index contributed by atoms with van der Waals surface area (Å²) in [5.41, 5.74) is 1.16. The first-order valence-corrected chi connectivity index (χ1v) is 5.81. The Kier molecular flexibility index (Phi) is 3.38. The lowest BCUT2D eigenvalue weighted by atomic mass is 10.0. The first-order valence-electron chi connectivity index (χ1n) is 5.02. The minimum Gasteiger partial charge on any atom is -0.353 e. The second kappa shape index (κ2) is 4.77. The Bertz CT molecular complexity index is 367. The predicted molar refractivity (Wildman–Crippen MR) is 62.6 cm³/mol. The number of halogens is 1. The number of carbonyl (C=O) groups excluding carboxylic acids is 1. The predicted octanol–water partition coefficient (Wildman–Crippen LogP) is 1.08. The second-order valence-corrected chi connectivity index (χ2v) is 4.45. The third kappa shape index (κ3) is 2.58. The van der Waals surface area contributed by atoms with E-state index >= 15 is 0 Å². The Morgan fingerprint density at radius 1 is 1.33 bits per heavy atom. The maximum Gasteiger partial charge on any atom is 0.237 e. The van der Waals surface area contributed by atoms with Crippen molar-refractivity contribution < 1.29 is 4.79 Å². The van der Waals surface area contributed by atoms with Gasteiger partial charge in [0.05, 0.1) is 6.04 Å². The number of carbonyl (C=O) groups is 1. The molecule has 80 valence electrons. The fraction of sp³-hybridized carbons (Fsp3) is 0.364. The highest BCUT2D eigenvalue weighted by Gasteiger charge is 2.21. The minimum atomic E-state index is -0.0996. The lowest BCUT2D eigenvalue weighted by molar-refractivity contribution is -0.124. The van der Waals surface area contributed by atoms with E-state index in [4.69, 9.17) is 0 Å². The fourth-order valence-corrected chi connectivity index (χ4v) is 2.14. The van der Waals surface area contributed by atoms with Gasteiger partial charge in [0, 0.05) is 17.6 Å². The van der Waals surface area contributed by atoms with Gasteiger partial charge in [0.2, 0.25) is 5.91 Å². The molecule has 3 nitrogen and oxygen atoms in total. The molecule has 0 unspecified atom stereocenters. The van der Waals surface area contributed by atoms with Crippen molar-refractivity contribution in [2.75, 3.05) is 13.1 Å². The van der Waals surface area contributed by atoms with Crippen molar-refractivity contribution in [2.24, 2.45) is 0 Å². The largest absolute Gasteiger partial charge is 0.353 e. The molecule has 4 heteroatoms. The van der Waals surface area contributed by atoms with Crippen LogP contribution < -0.4 is 10.6 Å². The van der Waals surface area contributed by atoms with E-state index in [1.165, 1.54) is 0 Å². The van der Waals surface area contributed by atoms with E-state index in [2.05, 4.69) is 26.6 Å². The molecule has 1 aromatic carbocycles. The summed E-state index contributed by atoms with van der Waals surface area (Å²) in [5, 5.41) is 6.07. The fourth-order valence-electron chi connectivity index (χ4n) is 1.70. The molecular weight excluding hydrogens is 256 g/mol. The van der Waals surface area contributed by atoms with Crippen molar-refractivity contribution in [3.05, 3.63) is 34.3 Å². The van der Waals surface area contributed by atoms with Crippen LogP contribution in [0.4, 0.5) is 0 Å². The molecule has 1 aliphatic rings. The molecule has 1 aromatic rings. The summed E-state index contributed by atoms with van der Waals surface area (Å²) in [6, 6.07) is 7.89. The Hall–Kier alpha value is -0.870. The van der Waals surface area contributed by atoms with E-state index in [9.17, 15) is 4.79 Å². The quantitative estimate of drug-likeness (QED) is 0.843. The second-order valence-electron chi connectivity index (χ2n) is 3.59. The summed E-state index contributed by atoms with van der Waals surface area (Å²) in [5.74, 6) is 0.0944. The maximum atomic E-state index is 11.5. The van der Waals surface area contributed by atoms with Gasteiger partial charge in [-0.05, 0) is 18.1 Å². The van der Waals surface area contributed by atoms with E-state index in [0.717, 1.165) is 29.5 Å². The summed E-state index contributed by atoms with van der Waals surface area (Å²) >= 11 is 3.48. The number of piperazine rings is 1. The van der Waals surface area contributed by atoms with Gasteiger partial charge in [0.1, 0.15) is 0 Å². The smallest absolute Gasteiger partial charge is 0.237 e. The molecule has 0 saturated carbocycles. The van der Waals surface area contributed by atoms with Crippen molar-refractivity contribution in [3.63, 3.8) is 0 Å². The molecule has 0 aromatic heterocycles. The molecule has 1 atom stereocenters. The van der Waals surface area contributed by atoms with E-state index < -0.39 is 0 Å². The Labute approximate surface area is 97.4 Å². The van der Waals surface area contributed by atoms with Gasteiger partial charge < -0.3 is 10.6 Å². The number of amides is 1. The van der Waals surface area contributed by atoms with Crippen molar-refractivity contribution >= 4 is 21.8 Å². The number of hydrogen-bond donors (Lipinski definition) is 2. The van der Waals surface area contributed by atoms with Gasteiger partial charge >= 0.3 is 0 Å². The van der Waals surface area contributed by atoms with Crippen LogP contribution in [0.2, 0.25) is 0 Å². The van der Waals surface area contributed by atoms with Gasteiger partial charge in [-0.2, -0.15) is 0 Å². The molecule has 1 heterocycles. The van der Waals surface area contributed by atoms with Crippen LogP contribution >= 0.6 is 15.9 Å². The van der Waals surface area contributed by atoms with Crippen LogP contribution in [-0.2, 0) is 11.2 Å². The van der Waals surface area contributed by atoms with Gasteiger partial charge in [0.25, 0.3) is 0 Å². The number of nitrogens with one attached hydrogen (secondary N) is 2. The highest BCUT2D eigenvalue weighted by atomic mass is 79.9. The van der Waals surface area contributed by atoms with Crippen molar-refractivity contribution in [1.82, 2.24) is 10.6 Å². The van der Waals surface area contributed by atoms with Gasteiger partial charge in [-0.3, -0.25) is 4.79 Å². The number of benzene rings is 1. The molecule has 15 heavy (non-hydrogen) atoms. The van der Waals surface area contributed by atoms with Crippen LogP contribution in [0.5, 0.6) is 0 Å². The summed E-state index contributed by atoms with van der Waals surface area (Å²) in [7, 11) is 0. The van der Waals surface area contributed by atoms with Gasteiger partial charge in [-0.1, -0.05) is 34.1 Å². The molecule has 0 aliphatic carbocycles. The van der Waals surface area contributed by atoms with Gasteiger partial charge in [-0.25, -0.2) is 0 Å². The average Bonchev–Trinajstić information content (AvgIpc) is 2.24. The summed E-state index contributed by atoms with van der Waals surface area (Å²) in [6.07, 6.45) is 0.729. The Morgan fingerprint density at radius 3 is 2.87 bits per heavy atom. The topological polar surface area (TPSA) is 41.1 Å². The van der Waals surface area contributed by atoms with E-state index in [1.54, 1.807) is 0 Å². The zero-order valence-electron chi connectivity index (χ0n) is 8.29. The van der Waals surface area contributed by atoms with Crippen LogP contribution in [0.25, 0.3) is 0 Å². The molecule has 1 amide bonds. The standard InChI is InChI=1S/C11H13BrN2O/c12-9-4-2-1-3-8(9)7-10-11(15)14-6-5-13-10/h1-4,10,13H,5-7H2,(H,14,15)/t10-/m0/s1. The monoisotopic (exact) mass is 268 g/mol. The Balaban J connectivity index is 2.08. The molecule has 2 rings (SSSR count). The molecule has 0 bridgehead atoms. The number of hydrogen-bond acceptors (Lipinski definition) is 2. The van der Waals surface area contributed by atoms with E-state index in [-0.39, 0.29) is 11.9 Å². The van der Waals surface area contributed by atoms with Crippen LogP contribution in [0, 0.1) is 0 Å². The van der Waals surface area contributed by atoms with Crippen LogP contribution in [-0.4, -0.2) is 25.0 Å². The minimum absolute atomic E-state index is 0.0944. The average molecular weight is 269 g/mol. The van der Waals surface area contributed by atoms with Gasteiger partial charge in [-0.15, -0.1) is 0 Å². The SMILES string of the molecule is O=C1NCCN[C@H]1Cc1ccccc1Br. The molecule has 1 saturated heterocycles. The maximum absolute atomic E-state index is 11.5. The highest BCUT2D eigenvalue weighted by molar-refractivity contribution is 9.10. The van der Waals surface area contributed by atoms with E-state index in [0.29, 0.717) is 0 Å². The van der Waals surface area contributed by atoms with Crippen molar-refractivity contribution in [2.45, 2.75) is 12.5 Å². The third-order valence-corrected chi connectivity index (χ3v) is 3.29. The highest BCUT2D eigenvalue weighted by Crippen LogP contribution is 2.17. The van der Waals surface area contributed by atoms with Gasteiger partial charge in [0.15, 0.2) is 0 Å². The third-order valence-electron chi connectivity index (χ3n) is 2.51. The first kappa shape index (κ1) is 10.6. The van der Waals surface area contributed by atoms with Crippen molar-refractivity contribution in [1.29, 1.82) is 0 Å². The first-order chi connectivity index (χ1) is 7.27. The zero-order chi connectivity index (χ0) is 10.7. The van der Waals surface area contributed by atoms with Crippen LogP contribution in [0.3, 0.4) is 0 Å². The lowest BCUT2D eigenvalue weighted by Gasteiger charge is -2.23. The van der Waals surface area contributed by atoms with Crippen LogP contribution in [0.1, 0.15) is 5.56 Å². The normalized spacial score (nSPS) is 21.1. The summed E-state index contributed by atoms with van der Waals surface area (Å²) in [6.45, 7) is 1.58. The molecule has 1 fully saturated rings. The number of rotatable bonds is 2. The molecule has 1 aliphatic heterocycles. The van der Waals surface area contributed by atoms with Crippen molar-refractivity contribution in [3.8, 4) is 0 Å². The molecule has 0 radical (unpaired) electrons. The molecule has 0 spiro atoms. The zero-order valence-corrected chi connectivity index (χ0v) is 9.88. The molecule has 2 N–H and O–H groups in total. The summed E-state index contributed by atoms with van der Waals surface area (Å²) in [4.78, 5) is 11.5. The Morgan fingerprint density at radius 2 is 2.13 bits per heavy atom. The lowest BCUT2D eigenvalue weighted by Crippen LogP contribution is -2.53. The van der Waals surface area contributed by atoms with Crippen LogP contribution in [0.15, 0.2) is 28.7 Å². The van der Waals surface area contributed by atoms with E-state index in [1.807, 2.05) is 24.3 Å².